The summed E-state index contributed by atoms with van der Waals surface area (Å²) in [6.45, 7) is 0. The van der Waals surface area contributed by atoms with Crippen LogP contribution in [-0.2, 0) is 10.0 Å². The number of pyridine rings is 1. The average Bonchev–Trinajstić information content (AvgIpc) is 2.75. The van der Waals surface area contributed by atoms with Crippen LogP contribution in [0.25, 0.3) is 0 Å². The molecule has 1 unspecified atom stereocenters. The Morgan fingerprint density at radius 3 is 2.73 bits per heavy atom. The summed E-state index contributed by atoms with van der Waals surface area (Å²) in [7, 11) is -2.74. The van der Waals surface area contributed by atoms with E-state index < -0.39 is 16.1 Å². The van der Waals surface area contributed by atoms with Crippen molar-refractivity contribution in [1.82, 2.24) is 15.0 Å². The van der Waals surface area contributed by atoms with Gasteiger partial charge in [0.2, 0.25) is 5.82 Å². The maximum absolute atomic E-state index is 12.7. The van der Waals surface area contributed by atoms with Crippen LogP contribution < -0.4 is 9.46 Å². The number of nitrogens with zero attached hydrogens (tertiary/aromatic N) is 3. The van der Waals surface area contributed by atoms with Crippen LogP contribution in [0, 0.1) is 0 Å². The Labute approximate surface area is 187 Å². The van der Waals surface area contributed by atoms with Crippen molar-refractivity contribution in [2.24, 2.45) is 0 Å². The molecule has 0 aliphatic carbocycles. The zero-order chi connectivity index (χ0) is 21.7. The van der Waals surface area contributed by atoms with E-state index in [-0.39, 0.29) is 26.6 Å². The summed E-state index contributed by atoms with van der Waals surface area (Å²) < 4.78 is 32.8. The third-order valence-electron chi connectivity index (χ3n) is 3.81. The van der Waals surface area contributed by atoms with Crippen LogP contribution in [0.15, 0.2) is 58.8 Å². The minimum absolute atomic E-state index is 0.0300. The average molecular weight is 487 g/mol. The quantitative estimate of drug-likeness (QED) is 0.461. The summed E-state index contributed by atoms with van der Waals surface area (Å²) in [5.74, 6) is 0.162. The fourth-order valence-electron chi connectivity index (χ4n) is 2.35. The molecule has 0 bridgehead atoms. The molecule has 0 saturated carbocycles. The Hall–Kier alpha value is -2.11. The highest BCUT2D eigenvalue weighted by Crippen LogP contribution is 2.32. The van der Waals surface area contributed by atoms with Gasteiger partial charge in [0.15, 0.2) is 0 Å². The Kier molecular flexibility index (Phi) is 7.37. The van der Waals surface area contributed by atoms with Crippen LogP contribution in [0.5, 0.6) is 5.88 Å². The van der Waals surface area contributed by atoms with E-state index in [1.807, 2.05) is 0 Å². The van der Waals surface area contributed by atoms with Gasteiger partial charge < -0.3 is 9.84 Å². The molecular weight excluding hydrogens is 471 g/mol. The van der Waals surface area contributed by atoms with Gasteiger partial charge in [0.1, 0.15) is 9.92 Å². The number of hydrogen-bond acceptors (Lipinski definition) is 8. The zero-order valence-electron chi connectivity index (χ0n) is 15.5. The molecule has 1 atom stereocenters. The molecule has 3 rings (SSSR count). The molecule has 0 aliphatic rings. The lowest BCUT2D eigenvalue weighted by molar-refractivity contribution is 0.203. The molecule has 1 aromatic carbocycles. The maximum atomic E-state index is 12.7. The molecule has 12 heteroatoms. The first-order valence-corrected chi connectivity index (χ1v) is 11.6. The molecule has 2 N–H and O–H groups in total. The summed E-state index contributed by atoms with van der Waals surface area (Å²) in [5.41, 5.74) is 0.674. The second kappa shape index (κ2) is 9.80. The van der Waals surface area contributed by atoms with Crippen molar-refractivity contribution in [3.63, 3.8) is 0 Å². The van der Waals surface area contributed by atoms with Crippen molar-refractivity contribution in [2.75, 3.05) is 17.6 Å². The van der Waals surface area contributed by atoms with Gasteiger partial charge in [-0.2, -0.15) is 0 Å². The highest BCUT2D eigenvalue weighted by atomic mass is 35.5. The zero-order valence-corrected chi connectivity index (χ0v) is 18.6. The van der Waals surface area contributed by atoms with Crippen molar-refractivity contribution >= 4 is 50.8 Å². The number of methoxy groups -OCH3 is 1. The number of rotatable bonds is 8. The summed E-state index contributed by atoms with van der Waals surface area (Å²) >= 11 is 13.2. The van der Waals surface area contributed by atoms with Gasteiger partial charge in [-0.05, 0) is 23.8 Å². The van der Waals surface area contributed by atoms with Crippen molar-refractivity contribution in [3.05, 3.63) is 64.5 Å². The number of thioether (sulfide) groups is 1. The monoisotopic (exact) mass is 486 g/mol. The molecule has 0 aliphatic heterocycles. The number of halogens is 2. The molecular formula is C18H16Cl2N4O4S2. The van der Waals surface area contributed by atoms with Crippen LogP contribution >= 0.6 is 35.0 Å². The summed E-state index contributed by atoms with van der Waals surface area (Å²) in [5, 5.41) is 10.7. The lowest BCUT2D eigenvalue weighted by atomic mass is 10.2. The lowest BCUT2D eigenvalue weighted by Gasteiger charge is -2.13. The van der Waals surface area contributed by atoms with Crippen molar-refractivity contribution in [2.45, 2.75) is 16.0 Å². The minimum atomic E-state index is -4.08. The number of benzene rings is 1. The van der Waals surface area contributed by atoms with Crippen molar-refractivity contribution in [1.29, 1.82) is 0 Å². The number of anilines is 1. The number of ether oxygens (including phenoxy) is 1. The van der Waals surface area contributed by atoms with E-state index in [1.165, 1.54) is 43.3 Å². The molecule has 8 nitrogen and oxygen atoms in total. The van der Waals surface area contributed by atoms with Crippen LogP contribution in [-0.4, -0.2) is 41.3 Å². The first-order chi connectivity index (χ1) is 14.3. The molecule has 0 amide bonds. The number of nitrogens with one attached hydrogen (secondary N) is 1. The van der Waals surface area contributed by atoms with Crippen molar-refractivity contribution in [3.8, 4) is 5.88 Å². The van der Waals surface area contributed by atoms with E-state index in [0.717, 1.165) is 0 Å². The standard InChI is InChI=1S/C18H16Cl2N4O4S2/c1-28-18-17(24-30(26,27)14-6-2-5-12(19)16(14)20)22-9-15(23-18)29-10-13(25)11-4-3-7-21-8-11/h2-9,13,25H,10H2,1H3,(H,22,24). The number of aliphatic hydroxyl groups excluding tert-OH is 1. The number of sulfonamides is 1. The van der Waals surface area contributed by atoms with E-state index in [2.05, 4.69) is 19.7 Å². The lowest BCUT2D eigenvalue weighted by Crippen LogP contribution is -2.16. The molecule has 3 aromatic rings. The van der Waals surface area contributed by atoms with E-state index in [0.29, 0.717) is 16.3 Å². The SMILES string of the molecule is COc1nc(SCC(O)c2cccnc2)cnc1NS(=O)(=O)c1cccc(Cl)c1Cl. The van der Waals surface area contributed by atoms with Crippen LogP contribution in [0.1, 0.15) is 11.7 Å². The molecule has 0 fully saturated rings. The number of aliphatic hydroxyl groups is 1. The molecule has 0 radical (unpaired) electrons. The summed E-state index contributed by atoms with van der Waals surface area (Å²) in [6, 6.07) is 7.78. The fraction of sp³-hybridized carbons (Fsp3) is 0.167. The van der Waals surface area contributed by atoms with Gasteiger partial charge in [-0.25, -0.2) is 18.4 Å². The third-order valence-corrected chi connectivity index (χ3v) is 7.09. The Morgan fingerprint density at radius 1 is 1.23 bits per heavy atom. The van der Waals surface area contributed by atoms with E-state index in [4.69, 9.17) is 27.9 Å². The topological polar surface area (TPSA) is 114 Å². The van der Waals surface area contributed by atoms with Gasteiger partial charge in [0, 0.05) is 18.1 Å². The molecule has 0 saturated heterocycles. The second-order valence-corrected chi connectivity index (χ2v) is 9.31. The van der Waals surface area contributed by atoms with Gasteiger partial charge in [-0.15, -0.1) is 11.8 Å². The van der Waals surface area contributed by atoms with Gasteiger partial charge in [-0.3, -0.25) is 9.71 Å². The van der Waals surface area contributed by atoms with E-state index in [9.17, 15) is 13.5 Å². The van der Waals surface area contributed by atoms with Gasteiger partial charge >= 0.3 is 0 Å². The van der Waals surface area contributed by atoms with Gasteiger partial charge in [0.25, 0.3) is 15.9 Å². The van der Waals surface area contributed by atoms with Gasteiger partial charge in [-0.1, -0.05) is 35.3 Å². The minimum Gasteiger partial charge on any atom is -0.478 e. The first kappa shape index (κ1) is 22.6. The van der Waals surface area contributed by atoms with Crippen LogP contribution in [0.4, 0.5) is 5.82 Å². The van der Waals surface area contributed by atoms with E-state index >= 15 is 0 Å². The molecule has 2 aromatic heterocycles. The molecule has 0 spiro atoms. The maximum Gasteiger partial charge on any atom is 0.264 e. The summed E-state index contributed by atoms with van der Waals surface area (Å²) in [6.07, 6.45) is 3.83. The fourth-order valence-corrected chi connectivity index (χ4v) is 4.91. The Morgan fingerprint density at radius 2 is 2.03 bits per heavy atom. The normalized spacial score (nSPS) is 12.4. The predicted octanol–water partition coefficient (Wildman–Crippen LogP) is 3.81. The number of hydrogen-bond donors (Lipinski definition) is 2. The summed E-state index contributed by atoms with van der Waals surface area (Å²) in [4.78, 5) is 12.1. The largest absolute Gasteiger partial charge is 0.478 e. The Bertz CT molecular complexity index is 1130. The molecule has 30 heavy (non-hydrogen) atoms. The van der Waals surface area contributed by atoms with Crippen molar-refractivity contribution < 1.29 is 18.3 Å². The van der Waals surface area contributed by atoms with Crippen LogP contribution in [0.2, 0.25) is 10.0 Å². The smallest absolute Gasteiger partial charge is 0.264 e. The molecule has 2 heterocycles. The number of aromatic nitrogens is 3. The van der Waals surface area contributed by atoms with Crippen LogP contribution in [0.3, 0.4) is 0 Å². The van der Waals surface area contributed by atoms with Gasteiger partial charge in [0.05, 0.1) is 29.5 Å². The highest BCUT2D eigenvalue weighted by Gasteiger charge is 2.23. The third kappa shape index (κ3) is 5.32. The molecule has 158 valence electrons. The predicted molar refractivity (Wildman–Crippen MR) is 116 cm³/mol. The first-order valence-electron chi connectivity index (χ1n) is 8.40. The van der Waals surface area contributed by atoms with E-state index in [1.54, 1.807) is 24.5 Å². The highest BCUT2D eigenvalue weighted by molar-refractivity contribution is 7.99. The Balaban J connectivity index is 1.76. The second-order valence-electron chi connectivity index (χ2n) is 5.84.